The fraction of sp³-hybridized carbons (Fsp3) is 0.133. The lowest BCUT2D eigenvalue weighted by Gasteiger charge is -2.10. The Labute approximate surface area is 132 Å². The fourth-order valence-electron chi connectivity index (χ4n) is 1.85. The van der Waals surface area contributed by atoms with E-state index in [4.69, 9.17) is 10.5 Å². The molecule has 6 nitrogen and oxygen atoms in total. The molecule has 0 radical (unpaired) electrons. The van der Waals surface area contributed by atoms with Crippen molar-refractivity contribution in [3.05, 3.63) is 47.7 Å². The first-order valence-electron chi connectivity index (χ1n) is 6.80. The number of nitrogens with two attached hydrogens (primary N) is 1. The number of anilines is 3. The quantitative estimate of drug-likeness (QED) is 0.748. The lowest BCUT2D eigenvalue weighted by Crippen LogP contribution is -2.02. The van der Waals surface area contributed by atoms with Crippen molar-refractivity contribution in [3.63, 3.8) is 0 Å². The number of nitrogens with one attached hydrogen (secondary N) is 1. The molecule has 2 aromatic heterocycles. The Morgan fingerprint density at radius 3 is 2.68 bits per heavy atom. The maximum Gasteiger partial charge on any atom is 0.248 e. The van der Waals surface area contributed by atoms with Crippen LogP contribution in [0, 0.1) is 0 Å². The van der Waals surface area contributed by atoms with Crippen molar-refractivity contribution < 1.29 is 4.74 Å². The third-order valence-corrected chi connectivity index (χ3v) is 3.74. The van der Waals surface area contributed by atoms with Crippen molar-refractivity contribution in [2.24, 2.45) is 0 Å². The van der Waals surface area contributed by atoms with Crippen LogP contribution in [0.2, 0.25) is 0 Å². The second kappa shape index (κ2) is 6.40. The predicted molar refractivity (Wildman–Crippen MR) is 87.7 cm³/mol. The van der Waals surface area contributed by atoms with Gasteiger partial charge in [0.15, 0.2) is 10.9 Å². The summed E-state index contributed by atoms with van der Waals surface area (Å²) >= 11 is 1.46. The Morgan fingerprint density at radius 2 is 2.00 bits per heavy atom. The normalized spacial score (nSPS) is 10.4. The van der Waals surface area contributed by atoms with Gasteiger partial charge in [0.05, 0.1) is 0 Å². The highest BCUT2D eigenvalue weighted by Crippen LogP contribution is 2.31. The summed E-state index contributed by atoms with van der Waals surface area (Å²) < 4.78 is 5.74. The molecule has 0 aliphatic heterocycles. The summed E-state index contributed by atoms with van der Waals surface area (Å²) in [7, 11) is 0. The van der Waals surface area contributed by atoms with Crippen LogP contribution in [0.1, 0.15) is 12.5 Å². The topological polar surface area (TPSA) is 86.0 Å². The minimum Gasteiger partial charge on any atom is -0.437 e. The molecule has 0 amide bonds. The van der Waals surface area contributed by atoms with Gasteiger partial charge in [-0.25, -0.2) is 9.97 Å². The SMILES string of the molecule is CCc1ccc(Oc2ncnc(Nc3nccs3)c2N)cc1. The van der Waals surface area contributed by atoms with Crippen molar-refractivity contribution in [1.29, 1.82) is 0 Å². The molecule has 0 bridgehead atoms. The summed E-state index contributed by atoms with van der Waals surface area (Å²) in [5.74, 6) is 1.48. The molecule has 22 heavy (non-hydrogen) atoms. The lowest BCUT2D eigenvalue weighted by molar-refractivity contribution is 0.464. The summed E-state index contributed by atoms with van der Waals surface area (Å²) in [6.07, 6.45) is 4.09. The van der Waals surface area contributed by atoms with Crippen LogP contribution in [0.4, 0.5) is 16.6 Å². The van der Waals surface area contributed by atoms with Gasteiger partial charge in [0.2, 0.25) is 5.88 Å². The van der Waals surface area contributed by atoms with Crippen molar-refractivity contribution in [2.75, 3.05) is 11.1 Å². The number of nitrogen functional groups attached to an aromatic ring is 1. The molecule has 112 valence electrons. The fourth-order valence-corrected chi connectivity index (χ4v) is 2.38. The Kier molecular flexibility index (Phi) is 4.15. The molecule has 3 aromatic rings. The molecule has 0 unspecified atom stereocenters. The van der Waals surface area contributed by atoms with Crippen LogP contribution in [0.5, 0.6) is 11.6 Å². The monoisotopic (exact) mass is 313 g/mol. The minimum absolute atomic E-state index is 0.318. The van der Waals surface area contributed by atoms with E-state index in [-0.39, 0.29) is 0 Å². The average Bonchev–Trinajstić information content (AvgIpc) is 3.05. The maximum absolute atomic E-state index is 6.07. The Bertz CT molecular complexity index is 743. The average molecular weight is 313 g/mol. The first-order chi connectivity index (χ1) is 10.8. The first-order valence-corrected chi connectivity index (χ1v) is 7.68. The van der Waals surface area contributed by atoms with Crippen molar-refractivity contribution >= 4 is 28.0 Å². The molecule has 3 rings (SSSR count). The molecule has 0 saturated carbocycles. The van der Waals surface area contributed by atoms with E-state index in [1.165, 1.54) is 23.2 Å². The molecular weight excluding hydrogens is 298 g/mol. The number of benzene rings is 1. The summed E-state index contributed by atoms with van der Waals surface area (Å²) in [6, 6.07) is 7.82. The van der Waals surface area contributed by atoms with Crippen molar-refractivity contribution in [1.82, 2.24) is 15.0 Å². The summed E-state index contributed by atoms with van der Waals surface area (Å²) in [4.78, 5) is 12.3. The summed E-state index contributed by atoms with van der Waals surface area (Å²) in [5.41, 5.74) is 7.66. The van der Waals surface area contributed by atoms with Gasteiger partial charge in [-0.1, -0.05) is 19.1 Å². The summed E-state index contributed by atoms with van der Waals surface area (Å²) in [6.45, 7) is 2.11. The van der Waals surface area contributed by atoms with E-state index in [9.17, 15) is 0 Å². The van der Waals surface area contributed by atoms with Gasteiger partial charge in [-0.2, -0.15) is 4.98 Å². The zero-order chi connectivity index (χ0) is 15.4. The van der Waals surface area contributed by atoms with E-state index in [0.717, 1.165) is 6.42 Å². The molecule has 0 atom stereocenters. The third-order valence-electron chi connectivity index (χ3n) is 3.05. The van der Waals surface area contributed by atoms with Gasteiger partial charge >= 0.3 is 0 Å². The lowest BCUT2D eigenvalue weighted by atomic mass is 10.2. The van der Waals surface area contributed by atoms with Crippen LogP contribution in [0.15, 0.2) is 42.2 Å². The van der Waals surface area contributed by atoms with E-state index in [2.05, 4.69) is 27.2 Å². The molecule has 0 spiro atoms. The molecule has 2 heterocycles. The van der Waals surface area contributed by atoms with Crippen molar-refractivity contribution in [3.8, 4) is 11.6 Å². The molecule has 1 aromatic carbocycles. The largest absolute Gasteiger partial charge is 0.437 e. The second-order valence-electron chi connectivity index (χ2n) is 4.50. The third kappa shape index (κ3) is 3.15. The number of rotatable bonds is 5. The van der Waals surface area contributed by atoms with Gasteiger partial charge in [0.25, 0.3) is 0 Å². The number of thiazole rings is 1. The minimum atomic E-state index is 0.318. The van der Waals surface area contributed by atoms with E-state index in [1.807, 2.05) is 29.6 Å². The standard InChI is InChI=1S/C15H15N5OS/c1-2-10-3-5-11(6-4-10)21-14-12(16)13(18-9-19-14)20-15-17-7-8-22-15/h3-9H,2,16H2,1H3,(H,17,18,19,20). The van der Waals surface area contributed by atoms with Gasteiger partial charge in [0.1, 0.15) is 17.8 Å². The van der Waals surface area contributed by atoms with Gasteiger partial charge in [-0.05, 0) is 24.1 Å². The molecule has 0 saturated heterocycles. The molecule has 0 aliphatic rings. The number of nitrogens with zero attached hydrogens (tertiary/aromatic N) is 3. The van der Waals surface area contributed by atoms with Crippen LogP contribution < -0.4 is 15.8 Å². The van der Waals surface area contributed by atoms with Crippen LogP contribution in [-0.2, 0) is 6.42 Å². The highest BCUT2D eigenvalue weighted by atomic mass is 32.1. The smallest absolute Gasteiger partial charge is 0.248 e. The molecule has 0 aliphatic carbocycles. The van der Waals surface area contributed by atoms with E-state index in [1.54, 1.807) is 6.20 Å². The van der Waals surface area contributed by atoms with Gasteiger partial charge < -0.3 is 15.8 Å². The van der Waals surface area contributed by atoms with E-state index < -0.39 is 0 Å². The Balaban J connectivity index is 1.81. The highest BCUT2D eigenvalue weighted by Gasteiger charge is 2.11. The molecule has 7 heteroatoms. The van der Waals surface area contributed by atoms with Gasteiger partial charge in [-0.3, -0.25) is 0 Å². The molecular formula is C15H15N5OS. The van der Waals surface area contributed by atoms with Crippen LogP contribution >= 0.6 is 11.3 Å². The number of ether oxygens (including phenoxy) is 1. The number of aryl methyl sites for hydroxylation is 1. The van der Waals surface area contributed by atoms with Gasteiger partial charge in [-0.15, -0.1) is 11.3 Å². The molecule has 0 fully saturated rings. The van der Waals surface area contributed by atoms with Crippen LogP contribution in [0.3, 0.4) is 0 Å². The number of hydrogen-bond donors (Lipinski definition) is 2. The van der Waals surface area contributed by atoms with Crippen LogP contribution in [0.25, 0.3) is 0 Å². The second-order valence-corrected chi connectivity index (χ2v) is 5.40. The summed E-state index contributed by atoms with van der Waals surface area (Å²) in [5, 5.41) is 5.63. The zero-order valence-electron chi connectivity index (χ0n) is 12.0. The zero-order valence-corrected chi connectivity index (χ0v) is 12.8. The first kappa shape index (κ1) is 14.3. The van der Waals surface area contributed by atoms with Crippen LogP contribution in [-0.4, -0.2) is 15.0 Å². The highest BCUT2D eigenvalue weighted by molar-refractivity contribution is 7.13. The maximum atomic E-state index is 6.07. The Hall–Kier alpha value is -2.67. The van der Waals surface area contributed by atoms with Gasteiger partial charge in [0, 0.05) is 11.6 Å². The number of aromatic nitrogens is 3. The van der Waals surface area contributed by atoms with Crippen molar-refractivity contribution in [2.45, 2.75) is 13.3 Å². The van der Waals surface area contributed by atoms with E-state index in [0.29, 0.717) is 28.3 Å². The predicted octanol–water partition coefficient (Wildman–Crippen LogP) is 3.61. The van der Waals surface area contributed by atoms with E-state index >= 15 is 0 Å². The molecule has 3 N–H and O–H groups in total. The number of hydrogen-bond acceptors (Lipinski definition) is 7. The Morgan fingerprint density at radius 1 is 1.18 bits per heavy atom.